The molecule has 0 rings (SSSR count). The zero-order valence-corrected chi connectivity index (χ0v) is 10.3. The van der Waals surface area contributed by atoms with Crippen molar-refractivity contribution in [3.8, 4) is 0 Å². The van der Waals surface area contributed by atoms with Crippen molar-refractivity contribution in [2.75, 3.05) is 6.61 Å². The van der Waals surface area contributed by atoms with Gasteiger partial charge in [-0.1, -0.05) is 46.5 Å². The van der Waals surface area contributed by atoms with E-state index in [-0.39, 0.29) is 0 Å². The monoisotopic (exact) mass is 216 g/mol. The van der Waals surface area contributed by atoms with Gasteiger partial charge >= 0.3 is 7.32 Å². The minimum Gasteiger partial charge on any atom is -0.402 e. The predicted molar refractivity (Wildman–Crippen MR) is 63.2 cm³/mol. The summed E-state index contributed by atoms with van der Waals surface area (Å²) >= 11 is 0. The molecule has 0 aromatic carbocycles. The highest BCUT2D eigenvalue weighted by molar-refractivity contribution is 6.32. The van der Waals surface area contributed by atoms with Gasteiger partial charge in [-0.15, -0.1) is 0 Å². The second-order valence-corrected chi connectivity index (χ2v) is 4.41. The van der Waals surface area contributed by atoms with Crippen LogP contribution in [0.15, 0.2) is 0 Å². The molecule has 0 amide bonds. The van der Waals surface area contributed by atoms with Crippen LogP contribution in [0.5, 0.6) is 0 Å². The molecule has 90 valence electrons. The Hall–Kier alpha value is -0.0551. The van der Waals surface area contributed by atoms with Crippen LogP contribution >= 0.6 is 0 Å². The van der Waals surface area contributed by atoms with Crippen LogP contribution in [-0.2, 0) is 4.65 Å². The summed E-state index contributed by atoms with van der Waals surface area (Å²) in [6.45, 7) is 6.97. The first kappa shape index (κ1) is 14.9. The summed E-state index contributed by atoms with van der Waals surface area (Å²) in [5.41, 5.74) is 0. The molecule has 15 heavy (non-hydrogen) atoms. The molecule has 3 nitrogen and oxygen atoms in total. The second kappa shape index (κ2) is 9.19. The summed E-state index contributed by atoms with van der Waals surface area (Å²) in [6.07, 6.45) is 6.11. The van der Waals surface area contributed by atoms with Crippen LogP contribution in [-0.4, -0.2) is 24.0 Å². The van der Waals surface area contributed by atoms with Crippen LogP contribution in [0.3, 0.4) is 0 Å². The lowest BCUT2D eigenvalue weighted by molar-refractivity contribution is 0.153. The van der Waals surface area contributed by atoms with E-state index in [1.807, 2.05) is 0 Å². The van der Waals surface area contributed by atoms with E-state index in [0.29, 0.717) is 12.5 Å². The zero-order chi connectivity index (χ0) is 11.7. The van der Waals surface area contributed by atoms with E-state index in [1.54, 1.807) is 0 Å². The third kappa shape index (κ3) is 8.91. The zero-order valence-electron chi connectivity index (χ0n) is 10.3. The van der Waals surface area contributed by atoms with Gasteiger partial charge in [-0.3, -0.25) is 0 Å². The van der Waals surface area contributed by atoms with Crippen molar-refractivity contribution in [1.29, 1.82) is 0 Å². The van der Waals surface area contributed by atoms with Crippen molar-refractivity contribution in [1.82, 2.24) is 0 Å². The summed E-state index contributed by atoms with van der Waals surface area (Å²) in [4.78, 5) is 0. The number of rotatable bonds is 9. The van der Waals surface area contributed by atoms with Crippen molar-refractivity contribution in [3.05, 3.63) is 0 Å². The Morgan fingerprint density at radius 1 is 1.13 bits per heavy atom. The number of hydrogen-bond acceptors (Lipinski definition) is 3. The van der Waals surface area contributed by atoms with E-state index in [9.17, 15) is 0 Å². The van der Waals surface area contributed by atoms with E-state index in [4.69, 9.17) is 14.7 Å². The van der Waals surface area contributed by atoms with Gasteiger partial charge in [0, 0.05) is 6.61 Å². The molecule has 0 saturated heterocycles. The fourth-order valence-corrected chi connectivity index (χ4v) is 1.81. The molecule has 0 aromatic rings. The standard InChI is InChI=1S/C11H25BO3/c1-4-6-11(5-2)8-7-10(3)9-15-12(13)14/h10-11,13-14H,4-9H2,1-3H3. The van der Waals surface area contributed by atoms with E-state index >= 15 is 0 Å². The molecular formula is C11H25BO3. The molecule has 0 heterocycles. The third-order valence-corrected chi connectivity index (χ3v) is 2.87. The summed E-state index contributed by atoms with van der Waals surface area (Å²) in [5.74, 6) is 1.22. The highest BCUT2D eigenvalue weighted by Crippen LogP contribution is 2.20. The van der Waals surface area contributed by atoms with Gasteiger partial charge in [-0.25, -0.2) is 0 Å². The molecule has 0 aliphatic heterocycles. The molecular weight excluding hydrogens is 191 g/mol. The molecule has 2 N–H and O–H groups in total. The number of hydrogen-bond donors (Lipinski definition) is 2. The molecule has 2 unspecified atom stereocenters. The van der Waals surface area contributed by atoms with Crippen molar-refractivity contribution in [2.24, 2.45) is 11.8 Å². The van der Waals surface area contributed by atoms with E-state index in [2.05, 4.69) is 20.8 Å². The van der Waals surface area contributed by atoms with Gasteiger partial charge in [-0.05, 0) is 18.3 Å². The van der Waals surface area contributed by atoms with Gasteiger partial charge in [0.25, 0.3) is 0 Å². The quantitative estimate of drug-likeness (QED) is 0.581. The van der Waals surface area contributed by atoms with Gasteiger partial charge in [0.05, 0.1) is 0 Å². The van der Waals surface area contributed by atoms with Crippen LogP contribution in [0.25, 0.3) is 0 Å². The SMILES string of the molecule is CCCC(CC)CCC(C)COB(O)O. The second-order valence-electron chi connectivity index (χ2n) is 4.41. The van der Waals surface area contributed by atoms with Crippen molar-refractivity contribution < 1.29 is 14.7 Å². The maximum atomic E-state index is 8.54. The molecule has 0 aliphatic rings. The molecule has 2 atom stereocenters. The lowest BCUT2D eigenvalue weighted by Gasteiger charge is -2.17. The van der Waals surface area contributed by atoms with Crippen molar-refractivity contribution >= 4 is 7.32 Å². The molecule has 0 aliphatic carbocycles. The van der Waals surface area contributed by atoms with Gasteiger partial charge in [0.2, 0.25) is 0 Å². The first-order valence-electron chi connectivity index (χ1n) is 6.07. The van der Waals surface area contributed by atoms with Gasteiger partial charge < -0.3 is 14.7 Å². The Morgan fingerprint density at radius 3 is 2.27 bits per heavy atom. The van der Waals surface area contributed by atoms with Gasteiger partial charge in [0.15, 0.2) is 0 Å². The largest absolute Gasteiger partial charge is 0.633 e. The van der Waals surface area contributed by atoms with Crippen LogP contribution in [0.1, 0.15) is 52.9 Å². The summed E-state index contributed by atoms with van der Waals surface area (Å²) in [7, 11) is -1.62. The highest BCUT2D eigenvalue weighted by atomic mass is 16.6. The summed E-state index contributed by atoms with van der Waals surface area (Å²) < 4.78 is 4.74. The fraction of sp³-hybridized carbons (Fsp3) is 1.00. The van der Waals surface area contributed by atoms with Crippen LogP contribution < -0.4 is 0 Å². The van der Waals surface area contributed by atoms with Crippen molar-refractivity contribution in [3.63, 3.8) is 0 Å². The van der Waals surface area contributed by atoms with E-state index in [0.717, 1.165) is 12.3 Å². The van der Waals surface area contributed by atoms with Gasteiger partial charge in [0.1, 0.15) is 0 Å². The molecule has 0 bridgehead atoms. The molecule has 0 saturated carbocycles. The Bertz CT molecular complexity index is 142. The smallest absolute Gasteiger partial charge is 0.402 e. The lowest BCUT2D eigenvalue weighted by atomic mass is 9.92. The van der Waals surface area contributed by atoms with Crippen LogP contribution in [0.4, 0.5) is 0 Å². The Balaban J connectivity index is 3.54. The minimum atomic E-state index is -1.62. The average molecular weight is 216 g/mol. The average Bonchev–Trinajstić information content (AvgIpc) is 2.21. The molecule has 0 aromatic heterocycles. The Labute approximate surface area is 94.0 Å². The van der Waals surface area contributed by atoms with E-state index in [1.165, 1.54) is 25.7 Å². The first-order chi connectivity index (χ1) is 7.10. The summed E-state index contributed by atoms with van der Waals surface area (Å²) in [6, 6.07) is 0. The minimum absolute atomic E-state index is 0.401. The molecule has 0 spiro atoms. The van der Waals surface area contributed by atoms with Crippen LogP contribution in [0.2, 0.25) is 0 Å². The lowest BCUT2D eigenvalue weighted by Crippen LogP contribution is -2.21. The Morgan fingerprint density at radius 2 is 1.80 bits per heavy atom. The third-order valence-electron chi connectivity index (χ3n) is 2.87. The molecule has 0 fully saturated rings. The normalized spacial score (nSPS) is 15.0. The highest BCUT2D eigenvalue weighted by Gasteiger charge is 2.13. The summed E-state index contributed by atoms with van der Waals surface area (Å²) in [5, 5.41) is 17.1. The first-order valence-corrected chi connectivity index (χ1v) is 6.07. The molecule has 0 radical (unpaired) electrons. The predicted octanol–water partition coefficient (Wildman–Crippen LogP) is 2.22. The van der Waals surface area contributed by atoms with E-state index < -0.39 is 7.32 Å². The maximum absolute atomic E-state index is 8.54. The topological polar surface area (TPSA) is 49.7 Å². The van der Waals surface area contributed by atoms with Crippen molar-refractivity contribution in [2.45, 2.75) is 52.9 Å². The molecule has 4 heteroatoms. The Kier molecular flexibility index (Phi) is 9.16. The fourth-order valence-electron chi connectivity index (χ4n) is 1.81. The van der Waals surface area contributed by atoms with Crippen LogP contribution in [0, 0.1) is 11.8 Å². The van der Waals surface area contributed by atoms with Gasteiger partial charge in [-0.2, -0.15) is 0 Å². The maximum Gasteiger partial charge on any atom is 0.633 e.